The third-order valence-corrected chi connectivity index (χ3v) is 2.59. The minimum absolute atomic E-state index is 0. The molecule has 0 amide bonds. The van der Waals surface area contributed by atoms with Crippen LogP contribution in [0.25, 0.3) is 0 Å². The van der Waals surface area contributed by atoms with Gasteiger partial charge in [0.2, 0.25) is 0 Å². The van der Waals surface area contributed by atoms with Gasteiger partial charge in [-0.15, -0.1) is 0 Å². The number of hydrogen-bond acceptors (Lipinski definition) is 5. The summed E-state index contributed by atoms with van der Waals surface area (Å²) in [6, 6.07) is 0. The standard InChI is InChI=1S/C10H20O2.C4H12N2O.Na/c1-2-3-4-5-6-7-8-9-10(11)12;5-1-2-6-3-4-7;/h2-9H2,1H3,(H,11,12);6-7H,1-5H2;/q;;+1/p-1. The molecule has 0 heterocycles. The van der Waals surface area contributed by atoms with Crippen molar-refractivity contribution in [1.29, 1.82) is 0 Å². The molecular weight excluding hydrogens is 267 g/mol. The summed E-state index contributed by atoms with van der Waals surface area (Å²) in [6.07, 6.45) is 8.34. The van der Waals surface area contributed by atoms with Gasteiger partial charge in [-0.1, -0.05) is 45.4 Å². The predicted octanol–water partition coefficient (Wildman–Crippen LogP) is -2.59. The van der Waals surface area contributed by atoms with Gasteiger partial charge < -0.3 is 26.1 Å². The Hall–Kier alpha value is 0.350. The molecule has 116 valence electrons. The van der Waals surface area contributed by atoms with E-state index >= 15 is 0 Å². The molecule has 0 radical (unpaired) electrons. The SMILES string of the molecule is CCCCCCCCCC(=O)[O-].NCCNCCO.[Na+]. The monoisotopic (exact) mass is 298 g/mol. The minimum atomic E-state index is -0.913. The first-order valence-electron chi connectivity index (χ1n) is 7.40. The van der Waals surface area contributed by atoms with Crippen LogP contribution in [0.1, 0.15) is 58.3 Å². The van der Waals surface area contributed by atoms with Gasteiger partial charge in [0.1, 0.15) is 0 Å². The molecule has 4 N–H and O–H groups in total. The van der Waals surface area contributed by atoms with Crippen LogP contribution in [0.2, 0.25) is 0 Å². The van der Waals surface area contributed by atoms with Gasteiger partial charge in [0.25, 0.3) is 0 Å². The molecule has 6 heteroatoms. The summed E-state index contributed by atoms with van der Waals surface area (Å²) in [6.45, 7) is 4.47. The third-order valence-electron chi connectivity index (χ3n) is 2.59. The maximum absolute atomic E-state index is 10.0. The quantitative estimate of drug-likeness (QED) is 0.271. The molecular formula is C14H31N2NaO3. The van der Waals surface area contributed by atoms with Gasteiger partial charge in [-0.3, -0.25) is 0 Å². The van der Waals surface area contributed by atoms with Crippen molar-refractivity contribution in [2.75, 3.05) is 26.2 Å². The number of aliphatic hydroxyl groups excluding tert-OH is 1. The molecule has 0 saturated carbocycles. The van der Waals surface area contributed by atoms with E-state index in [9.17, 15) is 9.90 Å². The Morgan fingerprint density at radius 3 is 2.10 bits per heavy atom. The largest absolute Gasteiger partial charge is 1.00 e. The summed E-state index contributed by atoms with van der Waals surface area (Å²) in [5, 5.41) is 21.1. The molecule has 0 aliphatic carbocycles. The van der Waals surface area contributed by atoms with Crippen molar-refractivity contribution in [3.8, 4) is 0 Å². The fraction of sp³-hybridized carbons (Fsp3) is 0.929. The smallest absolute Gasteiger partial charge is 0.550 e. The number of aliphatic carboxylic acids is 1. The predicted molar refractivity (Wildman–Crippen MR) is 76.6 cm³/mol. The average molecular weight is 298 g/mol. The number of carboxylic acids is 1. The van der Waals surface area contributed by atoms with Crippen molar-refractivity contribution >= 4 is 5.97 Å². The molecule has 0 aliphatic rings. The molecule has 5 nitrogen and oxygen atoms in total. The number of nitrogens with two attached hydrogens (primary N) is 1. The van der Waals surface area contributed by atoms with Crippen LogP contribution in [0, 0.1) is 0 Å². The molecule has 0 aromatic heterocycles. The van der Waals surface area contributed by atoms with Crippen molar-refractivity contribution in [1.82, 2.24) is 5.32 Å². The van der Waals surface area contributed by atoms with Gasteiger partial charge in [0.05, 0.1) is 6.61 Å². The van der Waals surface area contributed by atoms with Crippen LogP contribution in [0.3, 0.4) is 0 Å². The van der Waals surface area contributed by atoms with Gasteiger partial charge >= 0.3 is 29.6 Å². The van der Waals surface area contributed by atoms with Crippen LogP contribution in [-0.2, 0) is 4.79 Å². The van der Waals surface area contributed by atoms with Gasteiger partial charge in [0, 0.05) is 25.6 Å². The zero-order valence-electron chi connectivity index (χ0n) is 13.3. The fourth-order valence-electron chi connectivity index (χ4n) is 1.53. The summed E-state index contributed by atoms with van der Waals surface area (Å²) >= 11 is 0. The van der Waals surface area contributed by atoms with Crippen LogP contribution < -0.4 is 45.7 Å². The maximum atomic E-state index is 10.0. The number of carboxylic acid groups (broad SMARTS) is 1. The van der Waals surface area contributed by atoms with E-state index in [0.717, 1.165) is 19.4 Å². The van der Waals surface area contributed by atoms with Crippen molar-refractivity contribution in [2.45, 2.75) is 58.3 Å². The van der Waals surface area contributed by atoms with Crippen molar-refractivity contribution in [3.05, 3.63) is 0 Å². The number of carbonyl (C=O) groups is 1. The first kappa shape index (κ1) is 25.3. The first-order chi connectivity index (χ1) is 9.18. The van der Waals surface area contributed by atoms with Gasteiger partial charge in [-0.2, -0.15) is 0 Å². The Morgan fingerprint density at radius 2 is 1.65 bits per heavy atom. The molecule has 0 atom stereocenters. The van der Waals surface area contributed by atoms with E-state index < -0.39 is 5.97 Å². The van der Waals surface area contributed by atoms with E-state index in [-0.39, 0.29) is 42.6 Å². The summed E-state index contributed by atoms with van der Waals surface area (Å²) in [4.78, 5) is 10.0. The Bertz CT molecular complexity index is 180. The van der Waals surface area contributed by atoms with Crippen molar-refractivity contribution < 1.29 is 44.6 Å². The number of rotatable bonds is 12. The maximum Gasteiger partial charge on any atom is 1.00 e. The summed E-state index contributed by atoms with van der Waals surface area (Å²) in [5.74, 6) is -0.913. The van der Waals surface area contributed by atoms with Gasteiger partial charge in [-0.05, 0) is 12.8 Å². The van der Waals surface area contributed by atoms with Gasteiger partial charge in [0.15, 0.2) is 0 Å². The molecule has 0 unspecified atom stereocenters. The molecule has 0 aromatic carbocycles. The zero-order chi connectivity index (χ0) is 14.8. The van der Waals surface area contributed by atoms with Crippen LogP contribution >= 0.6 is 0 Å². The Morgan fingerprint density at radius 1 is 1.10 bits per heavy atom. The average Bonchev–Trinajstić information content (AvgIpc) is 2.39. The molecule has 0 spiro atoms. The second-order valence-electron chi connectivity index (χ2n) is 4.51. The summed E-state index contributed by atoms with van der Waals surface area (Å²) < 4.78 is 0. The number of nitrogens with one attached hydrogen (secondary N) is 1. The van der Waals surface area contributed by atoms with E-state index in [0.29, 0.717) is 13.1 Å². The van der Waals surface area contributed by atoms with Crippen LogP contribution in [-0.4, -0.2) is 37.3 Å². The Balaban J connectivity index is -0.000000312. The number of aliphatic hydroxyl groups is 1. The van der Waals surface area contributed by atoms with Gasteiger partial charge in [-0.25, -0.2) is 0 Å². The Labute approximate surface area is 146 Å². The van der Waals surface area contributed by atoms with Crippen LogP contribution in [0.5, 0.6) is 0 Å². The van der Waals surface area contributed by atoms with Crippen molar-refractivity contribution in [3.63, 3.8) is 0 Å². The molecule has 0 aliphatic heterocycles. The van der Waals surface area contributed by atoms with E-state index in [1.54, 1.807) is 0 Å². The second kappa shape index (κ2) is 24.4. The summed E-state index contributed by atoms with van der Waals surface area (Å²) in [5.41, 5.74) is 5.13. The molecule has 20 heavy (non-hydrogen) atoms. The third kappa shape index (κ3) is 31.0. The van der Waals surface area contributed by atoms with E-state index in [1.165, 1.54) is 32.1 Å². The molecule has 0 fully saturated rings. The number of unbranched alkanes of at least 4 members (excludes halogenated alkanes) is 6. The topological polar surface area (TPSA) is 98.4 Å². The zero-order valence-corrected chi connectivity index (χ0v) is 15.3. The van der Waals surface area contributed by atoms with E-state index in [1.807, 2.05) is 0 Å². The van der Waals surface area contributed by atoms with E-state index in [2.05, 4.69) is 12.2 Å². The molecule has 0 rings (SSSR count). The first-order valence-corrected chi connectivity index (χ1v) is 7.40. The fourth-order valence-corrected chi connectivity index (χ4v) is 1.53. The Kier molecular flexibility index (Phi) is 30.8. The molecule has 0 bridgehead atoms. The number of carbonyl (C=O) groups excluding carboxylic acids is 1. The number of hydrogen-bond donors (Lipinski definition) is 3. The second-order valence-corrected chi connectivity index (χ2v) is 4.51. The van der Waals surface area contributed by atoms with Crippen LogP contribution in [0.4, 0.5) is 0 Å². The van der Waals surface area contributed by atoms with Crippen molar-refractivity contribution in [2.24, 2.45) is 5.73 Å². The molecule has 0 aromatic rings. The normalized spacial score (nSPS) is 9.35. The minimum Gasteiger partial charge on any atom is -0.550 e. The van der Waals surface area contributed by atoms with E-state index in [4.69, 9.17) is 10.8 Å². The summed E-state index contributed by atoms with van der Waals surface area (Å²) in [7, 11) is 0. The van der Waals surface area contributed by atoms with Crippen LogP contribution in [0.15, 0.2) is 0 Å². The molecule has 0 saturated heterocycles.